The number of aliphatic hydroxyl groups excluding tert-OH is 1. The molecule has 4 aromatic rings. The lowest BCUT2D eigenvalue weighted by atomic mass is 9.97. The van der Waals surface area contributed by atoms with Gasteiger partial charge < -0.3 is 15.6 Å². The van der Waals surface area contributed by atoms with Gasteiger partial charge in [0.05, 0.1) is 17.5 Å². The molecule has 1 aliphatic carbocycles. The van der Waals surface area contributed by atoms with Gasteiger partial charge in [-0.05, 0) is 42.7 Å². The molecule has 180 valence electrons. The average Bonchev–Trinajstić information content (AvgIpc) is 3.52. The first-order chi connectivity index (χ1) is 17.1. The largest absolute Gasteiger partial charge is 0.457 e. The molecule has 35 heavy (non-hydrogen) atoms. The number of nitrogens with zero attached hydrogens (tertiary/aromatic N) is 4. The topological polar surface area (TPSA) is 106 Å². The lowest BCUT2D eigenvalue weighted by Crippen LogP contribution is -2.58. The smallest absolute Gasteiger partial charge is 0.241 e. The van der Waals surface area contributed by atoms with E-state index in [2.05, 4.69) is 9.97 Å². The third kappa shape index (κ3) is 4.10. The van der Waals surface area contributed by atoms with E-state index in [4.69, 9.17) is 10.5 Å². The van der Waals surface area contributed by atoms with Crippen molar-refractivity contribution in [2.45, 2.75) is 44.6 Å². The van der Waals surface area contributed by atoms with Gasteiger partial charge in [0.2, 0.25) is 5.91 Å². The SMILES string of the molecule is CCC(=O)N(n1cc(-c2ccc(Oc3ccccc3)cc2)c2c(N)ncnc21)C1(CO)CCCC1. The minimum Gasteiger partial charge on any atom is -0.457 e. The number of benzene rings is 2. The Bertz CT molecular complexity index is 1330. The zero-order valence-corrected chi connectivity index (χ0v) is 19.7. The Hall–Kier alpha value is -3.91. The number of para-hydroxylation sites is 1. The third-order valence-corrected chi connectivity index (χ3v) is 6.77. The fourth-order valence-electron chi connectivity index (χ4n) is 5.00. The van der Waals surface area contributed by atoms with Crippen LogP contribution in [0, 0.1) is 0 Å². The van der Waals surface area contributed by atoms with E-state index in [1.165, 1.54) is 6.33 Å². The minimum absolute atomic E-state index is 0.0757. The van der Waals surface area contributed by atoms with E-state index in [1.807, 2.05) is 67.7 Å². The van der Waals surface area contributed by atoms with Crippen LogP contribution in [-0.4, -0.2) is 37.8 Å². The standard InChI is InChI=1S/C27H29N5O3/c1-2-23(34)32(27(17-33)14-6-7-15-27)31-16-22(24-25(28)29-18-30-26(24)31)19-10-12-21(13-11-19)35-20-8-4-3-5-9-20/h3-5,8-13,16,18,33H,2,6-7,14-15,17H2,1H3,(H2,28,29,30). The number of hydrogen-bond acceptors (Lipinski definition) is 6. The maximum atomic E-state index is 13.3. The van der Waals surface area contributed by atoms with Crippen LogP contribution in [0.1, 0.15) is 39.0 Å². The molecule has 2 aromatic heterocycles. The van der Waals surface area contributed by atoms with Crippen LogP contribution in [0.15, 0.2) is 67.1 Å². The molecular weight excluding hydrogens is 442 g/mol. The highest BCUT2D eigenvalue weighted by molar-refractivity contribution is 6.02. The number of anilines is 1. The summed E-state index contributed by atoms with van der Waals surface area (Å²) in [5, 5.41) is 12.8. The Kier molecular flexibility index (Phi) is 6.13. The van der Waals surface area contributed by atoms with Crippen LogP contribution in [-0.2, 0) is 4.79 Å². The number of carbonyl (C=O) groups excluding carboxylic acids is 1. The highest BCUT2D eigenvalue weighted by Crippen LogP contribution is 2.39. The second kappa shape index (κ2) is 9.38. The van der Waals surface area contributed by atoms with E-state index in [0.29, 0.717) is 29.0 Å². The molecule has 0 saturated heterocycles. The Labute approximate surface area is 204 Å². The van der Waals surface area contributed by atoms with Crippen molar-refractivity contribution in [3.05, 3.63) is 67.1 Å². The van der Waals surface area contributed by atoms with Gasteiger partial charge in [-0.1, -0.05) is 50.1 Å². The van der Waals surface area contributed by atoms with Gasteiger partial charge in [0.1, 0.15) is 23.6 Å². The number of amides is 1. The monoisotopic (exact) mass is 471 g/mol. The van der Waals surface area contributed by atoms with Crippen molar-refractivity contribution >= 4 is 22.8 Å². The molecule has 8 heteroatoms. The Morgan fingerprint density at radius 3 is 2.43 bits per heavy atom. The molecule has 0 aliphatic heterocycles. The lowest BCUT2D eigenvalue weighted by molar-refractivity contribution is -0.121. The lowest BCUT2D eigenvalue weighted by Gasteiger charge is -2.40. The van der Waals surface area contributed by atoms with Crippen molar-refractivity contribution < 1.29 is 14.6 Å². The summed E-state index contributed by atoms with van der Waals surface area (Å²) in [6.07, 6.45) is 6.98. The third-order valence-electron chi connectivity index (χ3n) is 6.77. The van der Waals surface area contributed by atoms with E-state index in [9.17, 15) is 9.90 Å². The highest BCUT2D eigenvalue weighted by atomic mass is 16.5. The molecule has 1 saturated carbocycles. The summed E-state index contributed by atoms with van der Waals surface area (Å²) in [7, 11) is 0. The van der Waals surface area contributed by atoms with E-state index in [1.54, 1.807) is 9.69 Å². The zero-order valence-electron chi connectivity index (χ0n) is 19.7. The summed E-state index contributed by atoms with van der Waals surface area (Å²) in [5.74, 6) is 1.73. The van der Waals surface area contributed by atoms with Crippen LogP contribution in [0.3, 0.4) is 0 Å². The predicted molar refractivity (Wildman–Crippen MR) is 136 cm³/mol. The maximum absolute atomic E-state index is 13.3. The molecule has 0 unspecified atom stereocenters. The number of nitrogen functional groups attached to an aromatic ring is 1. The number of fused-ring (bicyclic) bond motifs is 1. The molecule has 5 rings (SSSR count). The van der Waals surface area contributed by atoms with E-state index in [-0.39, 0.29) is 12.5 Å². The molecule has 3 N–H and O–H groups in total. The molecule has 0 bridgehead atoms. The normalized spacial score (nSPS) is 14.8. The Morgan fingerprint density at radius 2 is 1.77 bits per heavy atom. The number of aromatic nitrogens is 3. The summed E-state index contributed by atoms with van der Waals surface area (Å²) in [5.41, 5.74) is 7.90. The highest BCUT2D eigenvalue weighted by Gasteiger charge is 2.43. The van der Waals surface area contributed by atoms with Gasteiger partial charge >= 0.3 is 0 Å². The van der Waals surface area contributed by atoms with Gasteiger partial charge in [0.15, 0.2) is 5.65 Å². The van der Waals surface area contributed by atoms with E-state index >= 15 is 0 Å². The quantitative estimate of drug-likeness (QED) is 0.406. The van der Waals surface area contributed by atoms with Crippen LogP contribution in [0.25, 0.3) is 22.2 Å². The van der Waals surface area contributed by atoms with Gasteiger partial charge in [-0.15, -0.1) is 0 Å². The first-order valence-corrected chi connectivity index (χ1v) is 12.0. The molecule has 1 amide bonds. The fraction of sp³-hybridized carbons (Fsp3) is 0.296. The molecule has 1 aliphatic rings. The first-order valence-electron chi connectivity index (χ1n) is 12.0. The van der Waals surface area contributed by atoms with Crippen molar-refractivity contribution in [1.29, 1.82) is 0 Å². The summed E-state index contributed by atoms with van der Waals surface area (Å²) >= 11 is 0. The molecule has 0 spiro atoms. The van der Waals surface area contributed by atoms with Crippen LogP contribution >= 0.6 is 0 Å². The molecular formula is C27H29N5O3. The predicted octanol–water partition coefficient (Wildman–Crippen LogP) is 4.65. The van der Waals surface area contributed by atoms with Crippen molar-refractivity contribution in [2.75, 3.05) is 17.3 Å². The summed E-state index contributed by atoms with van der Waals surface area (Å²) in [6, 6.07) is 17.3. The van der Waals surface area contributed by atoms with Crippen molar-refractivity contribution in [1.82, 2.24) is 14.6 Å². The van der Waals surface area contributed by atoms with Gasteiger partial charge in [0.25, 0.3) is 0 Å². The van der Waals surface area contributed by atoms with Crippen molar-refractivity contribution in [3.63, 3.8) is 0 Å². The molecule has 8 nitrogen and oxygen atoms in total. The van der Waals surface area contributed by atoms with Crippen LogP contribution in [0.2, 0.25) is 0 Å². The van der Waals surface area contributed by atoms with Gasteiger partial charge in [0, 0.05) is 18.2 Å². The van der Waals surface area contributed by atoms with Crippen molar-refractivity contribution in [3.8, 4) is 22.6 Å². The van der Waals surface area contributed by atoms with Crippen LogP contribution in [0.4, 0.5) is 5.82 Å². The second-order valence-corrected chi connectivity index (χ2v) is 8.93. The van der Waals surface area contributed by atoms with E-state index in [0.717, 1.165) is 42.6 Å². The van der Waals surface area contributed by atoms with E-state index < -0.39 is 5.54 Å². The molecule has 2 heterocycles. The van der Waals surface area contributed by atoms with Gasteiger partial charge in [-0.25, -0.2) is 19.7 Å². The second-order valence-electron chi connectivity index (χ2n) is 8.93. The first kappa shape index (κ1) is 22.9. The van der Waals surface area contributed by atoms with Crippen LogP contribution in [0.5, 0.6) is 11.5 Å². The number of carbonyl (C=O) groups is 1. The van der Waals surface area contributed by atoms with Gasteiger partial charge in [-0.2, -0.15) is 0 Å². The molecule has 2 aromatic carbocycles. The maximum Gasteiger partial charge on any atom is 0.241 e. The number of hydrogen-bond donors (Lipinski definition) is 2. The molecule has 1 fully saturated rings. The van der Waals surface area contributed by atoms with Crippen molar-refractivity contribution in [2.24, 2.45) is 0 Å². The number of aliphatic hydroxyl groups is 1. The summed E-state index contributed by atoms with van der Waals surface area (Å²) in [6.45, 7) is 1.72. The number of rotatable bonds is 7. The van der Waals surface area contributed by atoms with Gasteiger partial charge in [-0.3, -0.25) is 4.79 Å². The Balaban J connectivity index is 1.61. The van der Waals surface area contributed by atoms with Crippen LogP contribution < -0.4 is 15.5 Å². The summed E-state index contributed by atoms with van der Waals surface area (Å²) < 4.78 is 7.70. The Morgan fingerprint density at radius 1 is 1.09 bits per heavy atom. The molecule has 0 radical (unpaired) electrons. The number of nitrogens with two attached hydrogens (primary N) is 1. The summed E-state index contributed by atoms with van der Waals surface area (Å²) in [4.78, 5) is 22.0. The average molecular weight is 472 g/mol. The zero-order chi connectivity index (χ0) is 24.4. The fourth-order valence-corrected chi connectivity index (χ4v) is 5.00. The number of ether oxygens (including phenoxy) is 1. The molecule has 0 atom stereocenters. The minimum atomic E-state index is -0.663.